The molecule has 1 aliphatic heterocycles. The van der Waals surface area contributed by atoms with E-state index < -0.39 is 0 Å². The average Bonchev–Trinajstić information content (AvgIpc) is 3.32. The molecule has 8 heteroatoms. The highest BCUT2D eigenvalue weighted by atomic mass is 16.5. The van der Waals surface area contributed by atoms with Crippen LogP contribution in [0.4, 0.5) is 0 Å². The highest BCUT2D eigenvalue weighted by Gasteiger charge is 2.21. The molecule has 1 aromatic heterocycles. The van der Waals surface area contributed by atoms with Crippen molar-refractivity contribution in [2.75, 3.05) is 46.5 Å². The van der Waals surface area contributed by atoms with Crippen molar-refractivity contribution < 1.29 is 14.0 Å². The lowest BCUT2D eigenvalue weighted by molar-refractivity contribution is 0.00991. The largest absolute Gasteiger partial charge is 0.385 e. The van der Waals surface area contributed by atoms with Crippen molar-refractivity contribution in [3.63, 3.8) is 0 Å². The van der Waals surface area contributed by atoms with Crippen LogP contribution >= 0.6 is 0 Å². The van der Waals surface area contributed by atoms with Crippen LogP contribution in [0, 0.1) is 0 Å². The molecule has 1 N–H and O–H groups in total. The molecule has 0 aliphatic carbocycles. The van der Waals surface area contributed by atoms with E-state index in [0.29, 0.717) is 12.0 Å². The molecule has 2 heterocycles. The maximum Gasteiger partial charge on any atom is 0.257 e. The van der Waals surface area contributed by atoms with Crippen LogP contribution < -0.4 is 5.32 Å². The van der Waals surface area contributed by atoms with E-state index in [0.717, 1.165) is 88.8 Å². The third-order valence-electron chi connectivity index (χ3n) is 5.57. The fourth-order valence-electron chi connectivity index (χ4n) is 3.73. The minimum atomic E-state index is 0.344. The first-order chi connectivity index (χ1) is 15.7. The van der Waals surface area contributed by atoms with E-state index >= 15 is 0 Å². The highest BCUT2D eigenvalue weighted by molar-refractivity contribution is 5.80. The zero-order chi connectivity index (χ0) is 22.6. The van der Waals surface area contributed by atoms with Gasteiger partial charge in [-0.1, -0.05) is 24.2 Å². The number of nitrogens with zero attached hydrogens (tertiary/aromatic N) is 4. The SMILES string of the molecule is CCNC(=NCCc1ccc(-c2nc(CC)no2)cc1)N1CCC(OCCCOC)CC1. The van der Waals surface area contributed by atoms with Gasteiger partial charge in [0.1, 0.15) is 0 Å². The van der Waals surface area contributed by atoms with Gasteiger partial charge in [0.15, 0.2) is 11.8 Å². The van der Waals surface area contributed by atoms with Crippen LogP contribution in [-0.2, 0) is 22.3 Å². The van der Waals surface area contributed by atoms with Crippen LogP contribution in [0.1, 0.15) is 44.5 Å². The molecular formula is C24H37N5O3. The van der Waals surface area contributed by atoms with Crippen LogP contribution in [0.25, 0.3) is 11.5 Å². The Labute approximate surface area is 191 Å². The van der Waals surface area contributed by atoms with E-state index in [1.807, 2.05) is 19.1 Å². The Hall–Kier alpha value is -2.45. The smallest absolute Gasteiger partial charge is 0.257 e. The molecule has 8 nitrogen and oxygen atoms in total. The molecule has 2 aromatic rings. The first kappa shape index (κ1) is 24.2. The molecule has 176 valence electrons. The summed E-state index contributed by atoms with van der Waals surface area (Å²) in [6, 6.07) is 8.29. The van der Waals surface area contributed by atoms with E-state index in [1.165, 1.54) is 5.56 Å². The number of benzene rings is 1. The Balaban J connectivity index is 1.47. The van der Waals surface area contributed by atoms with E-state index in [9.17, 15) is 0 Å². The molecule has 1 saturated heterocycles. The van der Waals surface area contributed by atoms with Crippen molar-refractivity contribution in [2.24, 2.45) is 4.99 Å². The number of guanidine groups is 1. The molecule has 1 fully saturated rings. The molecule has 0 spiro atoms. The summed E-state index contributed by atoms with van der Waals surface area (Å²) in [5, 5.41) is 7.41. The van der Waals surface area contributed by atoms with Crippen LogP contribution in [0.15, 0.2) is 33.8 Å². The second kappa shape index (κ2) is 13.2. The second-order valence-electron chi connectivity index (χ2n) is 7.96. The molecule has 0 amide bonds. The Morgan fingerprint density at radius 3 is 2.62 bits per heavy atom. The standard InChI is InChI=1S/C24H37N5O3/c1-4-22-27-23(32-28-22)20-9-7-19(8-10-20)11-14-26-24(25-5-2)29-15-12-21(13-16-29)31-18-6-17-30-3/h7-10,21H,4-6,11-18H2,1-3H3,(H,25,26). The van der Waals surface area contributed by atoms with Crippen LogP contribution in [0.3, 0.4) is 0 Å². The number of methoxy groups -OCH3 is 1. The second-order valence-corrected chi connectivity index (χ2v) is 7.96. The third-order valence-corrected chi connectivity index (χ3v) is 5.57. The third kappa shape index (κ3) is 7.31. The maximum absolute atomic E-state index is 5.98. The zero-order valence-electron chi connectivity index (χ0n) is 19.7. The van der Waals surface area contributed by atoms with Gasteiger partial charge in [0.05, 0.1) is 6.10 Å². The molecule has 3 rings (SSSR count). The van der Waals surface area contributed by atoms with Crippen LogP contribution in [0.5, 0.6) is 0 Å². The van der Waals surface area contributed by atoms with E-state index in [4.69, 9.17) is 19.0 Å². The summed E-state index contributed by atoms with van der Waals surface area (Å²) in [4.78, 5) is 11.6. The summed E-state index contributed by atoms with van der Waals surface area (Å²) >= 11 is 0. The van der Waals surface area contributed by atoms with Crippen LogP contribution in [-0.4, -0.2) is 73.6 Å². The Morgan fingerprint density at radius 1 is 1.19 bits per heavy atom. The number of likely N-dealkylation sites (tertiary alicyclic amines) is 1. The Kier molecular flexibility index (Phi) is 9.97. The van der Waals surface area contributed by atoms with Gasteiger partial charge in [0, 0.05) is 58.5 Å². The first-order valence-corrected chi connectivity index (χ1v) is 11.8. The van der Waals surface area contributed by atoms with Crippen LogP contribution in [0.2, 0.25) is 0 Å². The number of ether oxygens (including phenoxy) is 2. The summed E-state index contributed by atoms with van der Waals surface area (Å²) in [7, 11) is 1.73. The monoisotopic (exact) mass is 443 g/mol. The van der Waals surface area contributed by atoms with Crippen molar-refractivity contribution in [3.05, 3.63) is 35.7 Å². The summed E-state index contributed by atoms with van der Waals surface area (Å²) in [6.45, 7) is 9.22. The maximum atomic E-state index is 5.98. The molecular weight excluding hydrogens is 406 g/mol. The molecule has 0 bridgehead atoms. The molecule has 0 unspecified atom stereocenters. The minimum absolute atomic E-state index is 0.344. The molecule has 0 saturated carbocycles. The lowest BCUT2D eigenvalue weighted by atomic mass is 10.1. The summed E-state index contributed by atoms with van der Waals surface area (Å²) in [5.41, 5.74) is 2.19. The predicted molar refractivity (Wildman–Crippen MR) is 126 cm³/mol. The minimum Gasteiger partial charge on any atom is -0.385 e. The van der Waals surface area contributed by atoms with E-state index in [1.54, 1.807) is 7.11 Å². The molecule has 0 radical (unpaired) electrons. The van der Waals surface area contributed by atoms with Gasteiger partial charge in [0.2, 0.25) is 0 Å². The van der Waals surface area contributed by atoms with Gasteiger partial charge in [-0.3, -0.25) is 4.99 Å². The van der Waals surface area contributed by atoms with Gasteiger partial charge in [-0.15, -0.1) is 0 Å². The molecule has 1 aliphatic rings. The number of hydrogen-bond donors (Lipinski definition) is 1. The summed E-state index contributed by atoms with van der Waals surface area (Å²) < 4.78 is 16.4. The van der Waals surface area contributed by atoms with E-state index in [2.05, 4.69) is 39.4 Å². The topological polar surface area (TPSA) is 85.0 Å². The van der Waals surface area contributed by atoms with Gasteiger partial charge >= 0.3 is 0 Å². The fraction of sp³-hybridized carbons (Fsp3) is 0.625. The van der Waals surface area contributed by atoms with Gasteiger partial charge in [0.25, 0.3) is 5.89 Å². The van der Waals surface area contributed by atoms with Gasteiger partial charge in [-0.25, -0.2) is 0 Å². The Morgan fingerprint density at radius 2 is 1.97 bits per heavy atom. The average molecular weight is 444 g/mol. The lowest BCUT2D eigenvalue weighted by Gasteiger charge is -2.34. The summed E-state index contributed by atoms with van der Waals surface area (Å²) in [6.07, 6.45) is 5.03. The Bertz CT molecular complexity index is 813. The molecule has 0 atom stereocenters. The van der Waals surface area contributed by atoms with Crippen molar-refractivity contribution >= 4 is 5.96 Å². The normalized spacial score (nSPS) is 15.3. The number of aryl methyl sites for hydroxylation is 1. The predicted octanol–water partition coefficient (Wildman–Crippen LogP) is 3.32. The highest BCUT2D eigenvalue weighted by Crippen LogP contribution is 2.18. The van der Waals surface area contributed by atoms with Crippen molar-refractivity contribution in [2.45, 2.75) is 52.1 Å². The van der Waals surface area contributed by atoms with Gasteiger partial charge < -0.3 is 24.2 Å². The number of piperidine rings is 1. The number of nitrogens with one attached hydrogen (secondary N) is 1. The summed E-state index contributed by atoms with van der Waals surface area (Å²) in [5.74, 6) is 2.31. The zero-order valence-corrected chi connectivity index (χ0v) is 19.7. The molecule has 1 aromatic carbocycles. The first-order valence-electron chi connectivity index (χ1n) is 11.8. The van der Waals surface area contributed by atoms with Crippen molar-refractivity contribution in [1.29, 1.82) is 0 Å². The number of rotatable bonds is 11. The molecule has 32 heavy (non-hydrogen) atoms. The lowest BCUT2D eigenvalue weighted by Crippen LogP contribution is -2.47. The number of aromatic nitrogens is 2. The quantitative estimate of drug-likeness (QED) is 0.324. The van der Waals surface area contributed by atoms with Gasteiger partial charge in [-0.2, -0.15) is 4.98 Å². The van der Waals surface area contributed by atoms with Gasteiger partial charge in [-0.05, 0) is 50.3 Å². The van der Waals surface area contributed by atoms with Crippen molar-refractivity contribution in [1.82, 2.24) is 20.4 Å². The number of aliphatic imine (C=N–C) groups is 1. The van der Waals surface area contributed by atoms with Crippen molar-refractivity contribution in [3.8, 4) is 11.5 Å². The van der Waals surface area contributed by atoms with E-state index in [-0.39, 0.29) is 0 Å². The number of hydrogen-bond acceptors (Lipinski definition) is 6. The fourth-order valence-corrected chi connectivity index (χ4v) is 3.73.